The van der Waals surface area contributed by atoms with Gasteiger partial charge in [0.05, 0.1) is 20.0 Å². The number of aromatic nitrogens is 1. The van der Waals surface area contributed by atoms with Crippen molar-refractivity contribution in [1.29, 1.82) is 0 Å². The maximum absolute atomic E-state index is 13.4. The van der Waals surface area contributed by atoms with Gasteiger partial charge in [0.2, 0.25) is 11.8 Å². The number of piperazine rings is 1. The second-order valence-electron chi connectivity index (χ2n) is 6.27. The van der Waals surface area contributed by atoms with E-state index in [-0.39, 0.29) is 18.2 Å². The Morgan fingerprint density at radius 2 is 1.73 bits per heavy atom. The summed E-state index contributed by atoms with van der Waals surface area (Å²) in [6.07, 6.45) is 2.21. The number of benzene rings is 1. The summed E-state index contributed by atoms with van der Waals surface area (Å²) < 4.78 is 18.6. The van der Waals surface area contributed by atoms with Crippen molar-refractivity contribution in [2.24, 2.45) is 0 Å². The second-order valence-corrected chi connectivity index (χ2v) is 6.27. The van der Waals surface area contributed by atoms with Gasteiger partial charge in [0.1, 0.15) is 11.6 Å². The van der Waals surface area contributed by atoms with Crippen LogP contribution in [0.5, 0.6) is 5.75 Å². The second kappa shape index (κ2) is 8.03. The van der Waals surface area contributed by atoms with Gasteiger partial charge in [-0.05, 0) is 30.3 Å². The van der Waals surface area contributed by atoms with Crippen LogP contribution >= 0.6 is 0 Å². The molecule has 0 atom stereocenters. The van der Waals surface area contributed by atoms with Crippen LogP contribution < -0.4 is 4.74 Å². The first-order chi connectivity index (χ1) is 12.6. The number of halogens is 1. The molecule has 0 unspecified atom stereocenters. The number of hydrogen-bond acceptors (Lipinski definition) is 3. The fraction of sp³-hybridized carbons (Fsp3) is 0.368. The van der Waals surface area contributed by atoms with E-state index in [1.54, 1.807) is 16.0 Å². The first-order valence-electron chi connectivity index (χ1n) is 8.57. The third kappa shape index (κ3) is 4.22. The van der Waals surface area contributed by atoms with E-state index in [4.69, 9.17) is 4.74 Å². The summed E-state index contributed by atoms with van der Waals surface area (Å²) in [6, 6.07) is 7.90. The minimum Gasteiger partial charge on any atom is -0.496 e. The Hall–Kier alpha value is -2.83. The molecule has 0 aliphatic carbocycles. The fourth-order valence-electron chi connectivity index (χ4n) is 3.12. The molecule has 1 saturated heterocycles. The fourth-order valence-corrected chi connectivity index (χ4v) is 3.12. The summed E-state index contributed by atoms with van der Waals surface area (Å²) in [7, 11) is 1.50. The van der Waals surface area contributed by atoms with E-state index in [1.165, 1.54) is 25.3 Å². The Bertz CT molecular complexity index is 768. The molecule has 0 spiro atoms. The number of nitrogens with one attached hydrogen (secondary N) is 1. The van der Waals surface area contributed by atoms with E-state index in [0.717, 1.165) is 5.69 Å². The predicted molar refractivity (Wildman–Crippen MR) is 94.3 cm³/mol. The van der Waals surface area contributed by atoms with Crippen molar-refractivity contribution in [3.05, 3.63) is 53.6 Å². The normalized spacial score (nSPS) is 14.4. The molecule has 3 rings (SSSR count). The largest absolute Gasteiger partial charge is 0.496 e. The topological polar surface area (TPSA) is 65.6 Å². The van der Waals surface area contributed by atoms with Crippen molar-refractivity contribution < 1.29 is 18.7 Å². The number of amides is 2. The minimum absolute atomic E-state index is 0.0475. The maximum atomic E-state index is 13.4. The highest BCUT2D eigenvalue weighted by atomic mass is 19.1. The zero-order chi connectivity index (χ0) is 18.5. The summed E-state index contributed by atoms with van der Waals surface area (Å²) in [5.74, 6) is 0.0598. The van der Waals surface area contributed by atoms with Crippen LogP contribution in [0.2, 0.25) is 0 Å². The van der Waals surface area contributed by atoms with Crippen LogP contribution in [0.25, 0.3) is 0 Å². The molecule has 6 nitrogen and oxygen atoms in total. The zero-order valence-corrected chi connectivity index (χ0v) is 14.7. The predicted octanol–water partition coefficient (Wildman–Crippen LogP) is 1.62. The third-order valence-corrected chi connectivity index (χ3v) is 4.57. The minimum atomic E-state index is -0.395. The molecule has 1 aliphatic rings. The first kappa shape index (κ1) is 18.0. The third-order valence-electron chi connectivity index (χ3n) is 4.57. The molecule has 7 heteroatoms. The molecular formula is C19H22FN3O3. The Kier molecular flexibility index (Phi) is 5.55. The van der Waals surface area contributed by atoms with Gasteiger partial charge in [-0.25, -0.2) is 4.39 Å². The van der Waals surface area contributed by atoms with Gasteiger partial charge in [-0.15, -0.1) is 0 Å². The number of methoxy groups -OCH3 is 1. The first-order valence-corrected chi connectivity index (χ1v) is 8.57. The lowest BCUT2D eigenvalue weighted by molar-refractivity contribution is -0.138. The summed E-state index contributed by atoms with van der Waals surface area (Å²) in [5.41, 5.74) is 1.41. The van der Waals surface area contributed by atoms with E-state index in [9.17, 15) is 14.0 Å². The lowest BCUT2D eigenvalue weighted by atomic mass is 10.1. The molecule has 2 heterocycles. The summed E-state index contributed by atoms with van der Waals surface area (Å²) >= 11 is 0. The monoisotopic (exact) mass is 359 g/mol. The lowest BCUT2D eigenvalue weighted by Crippen LogP contribution is -2.51. The van der Waals surface area contributed by atoms with Gasteiger partial charge in [0.25, 0.3) is 0 Å². The van der Waals surface area contributed by atoms with Gasteiger partial charge >= 0.3 is 0 Å². The summed E-state index contributed by atoms with van der Waals surface area (Å²) in [4.78, 5) is 31.3. The molecule has 1 aliphatic heterocycles. The molecule has 2 aromatic rings. The molecule has 1 N–H and O–H groups in total. The van der Waals surface area contributed by atoms with Gasteiger partial charge in [-0.1, -0.05) is 0 Å². The van der Waals surface area contributed by atoms with Crippen molar-refractivity contribution in [3.63, 3.8) is 0 Å². The van der Waals surface area contributed by atoms with Gasteiger partial charge in [0.15, 0.2) is 0 Å². The van der Waals surface area contributed by atoms with Crippen LogP contribution in [0.15, 0.2) is 36.5 Å². The maximum Gasteiger partial charge on any atom is 0.228 e. The molecule has 138 valence electrons. The van der Waals surface area contributed by atoms with Crippen molar-refractivity contribution >= 4 is 11.8 Å². The number of ether oxygens (including phenoxy) is 1. The Morgan fingerprint density at radius 1 is 1.08 bits per heavy atom. The van der Waals surface area contributed by atoms with Crippen LogP contribution in [0.1, 0.15) is 11.3 Å². The van der Waals surface area contributed by atoms with E-state index < -0.39 is 5.82 Å². The van der Waals surface area contributed by atoms with E-state index in [0.29, 0.717) is 43.9 Å². The molecular weight excluding hydrogens is 337 g/mol. The molecule has 0 saturated carbocycles. The number of rotatable bonds is 5. The molecule has 1 aromatic carbocycles. The zero-order valence-electron chi connectivity index (χ0n) is 14.7. The molecule has 0 radical (unpaired) electrons. The van der Waals surface area contributed by atoms with Gasteiger partial charge in [-0.2, -0.15) is 0 Å². The van der Waals surface area contributed by atoms with Crippen LogP contribution in [0.4, 0.5) is 4.39 Å². The van der Waals surface area contributed by atoms with Crippen molar-refractivity contribution in [3.8, 4) is 5.75 Å². The lowest BCUT2D eigenvalue weighted by Gasteiger charge is -2.35. The van der Waals surface area contributed by atoms with Gasteiger partial charge < -0.3 is 19.5 Å². The number of hydrogen-bond donors (Lipinski definition) is 1. The standard InChI is InChI=1S/C19H22FN3O3/c1-26-17-5-4-15(20)11-14(17)12-18(24)22-7-9-23(10-8-22)19(25)13-16-3-2-6-21-16/h2-6,11,21H,7-10,12-13H2,1H3. The Morgan fingerprint density at radius 3 is 2.31 bits per heavy atom. The van der Waals surface area contributed by atoms with Crippen molar-refractivity contribution in [1.82, 2.24) is 14.8 Å². The van der Waals surface area contributed by atoms with E-state index >= 15 is 0 Å². The van der Waals surface area contributed by atoms with Crippen molar-refractivity contribution in [2.75, 3.05) is 33.3 Å². The average molecular weight is 359 g/mol. The molecule has 0 bridgehead atoms. The number of nitrogens with zero attached hydrogens (tertiary/aromatic N) is 2. The number of aromatic amines is 1. The highest BCUT2D eigenvalue weighted by Gasteiger charge is 2.25. The van der Waals surface area contributed by atoms with Crippen molar-refractivity contribution in [2.45, 2.75) is 12.8 Å². The number of H-pyrrole nitrogens is 1. The quantitative estimate of drug-likeness (QED) is 0.882. The van der Waals surface area contributed by atoms with Gasteiger partial charge in [0, 0.05) is 43.6 Å². The van der Waals surface area contributed by atoms with Crippen LogP contribution in [-0.4, -0.2) is 59.9 Å². The molecule has 2 amide bonds. The van der Waals surface area contributed by atoms with Gasteiger partial charge in [-0.3, -0.25) is 9.59 Å². The van der Waals surface area contributed by atoms with Crippen LogP contribution in [0, 0.1) is 5.82 Å². The smallest absolute Gasteiger partial charge is 0.228 e. The van der Waals surface area contributed by atoms with Crippen LogP contribution in [-0.2, 0) is 22.4 Å². The molecule has 1 fully saturated rings. The van der Waals surface area contributed by atoms with E-state index in [2.05, 4.69) is 4.98 Å². The summed E-state index contributed by atoms with van der Waals surface area (Å²) in [6.45, 7) is 1.97. The highest BCUT2D eigenvalue weighted by molar-refractivity contribution is 5.81. The number of carbonyl (C=O) groups excluding carboxylic acids is 2. The SMILES string of the molecule is COc1ccc(F)cc1CC(=O)N1CCN(C(=O)Cc2ccc[nH]2)CC1. The summed E-state index contributed by atoms with van der Waals surface area (Å²) in [5, 5.41) is 0. The average Bonchev–Trinajstić information content (AvgIpc) is 3.15. The van der Waals surface area contributed by atoms with Crippen LogP contribution in [0.3, 0.4) is 0 Å². The molecule has 1 aromatic heterocycles. The Labute approximate surface area is 151 Å². The molecule has 26 heavy (non-hydrogen) atoms. The Balaban J connectivity index is 1.54. The number of carbonyl (C=O) groups is 2. The highest BCUT2D eigenvalue weighted by Crippen LogP contribution is 2.21. The van der Waals surface area contributed by atoms with E-state index in [1.807, 2.05) is 12.1 Å².